The molecule has 0 saturated carbocycles. The minimum absolute atomic E-state index is 0.0874. The van der Waals surface area contributed by atoms with Crippen LogP contribution >= 0.6 is 0 Å². The smallest absolute Gasteiger partial charge is 0.337 e. The molecule has 0 aromatic carbocycles. The summed E-state index contributed by atoms with van der Waals surface area (Å²) in [4.78, 5) is 21.1. The molecule has 0 saturated heterocycles. The number of anilines is 2. The van der Waals surface area contributed by atoms with Gasteiger partial charge < -0.3 is 15.7 Å². The Morgan fingerprint density at radius 2 is 2.20 bits per heavy atom. The van der Waals surface area contributed by atoms with Crippen molar-refractivity contribution in [1.29, 1.82) is 0 Å². The summed E-state index contributed by atoms with van der Waals surface area (Å²) in [5.41, 5.74) is 7.27. The van der Waals surface area contributed by atoms with Gasteiger partial charge in [-0.15, -0.1) is 0 Å². The molecule has 0 spiro atoms. The lowest BCUT2D eigenvalue weighted by Crippen LogP contribution is -2.23. The van der Waals surface area contributed by atoms with Gasteiger partial charge in [-0.3, -0.25) is 4.98 Å². The predicted molar refractivity (Wildman–Crippen MR) is 76.8 cm³/mol. The number of pyridine rings is 2. The Kier molecular flexibility index (Phi) is 4.14. The number of rotatable bonds is 5. The van der Waals surface area contributed by atoms with Crippen LogP contribution in [-0.2, 0) is 6.42 Å². The fraction of sp³-hybridized carbons (Fsp3) is 0.214. The first-order valence-corrected chi connectivity index (χ1v) is 6.18. The number of hydrogen-bond donors (Lipinski definition) is 2. The van der Waals surface area contributed by atoms with Gasteiger partial charge in [0.1, 0.15) is 0 Å². The van der Waals surface area contributed by atoms with Crippen molar-refractivity contribution in [2.24, 2.45) is 0 Å². The summed E-state index contributed by atoms with van der Waals surface area (Å²) in [5, 5.41) is 8.87. The average Bonchev–Trinajstić information content (AvgIpc) is 2.45. The number of carbonyl (C=O) groups is 1. The highest BCUT2D eigenvalue weighted by atomic mass is 16.4. The maximum Gasteiger partial charge on any atom is 0.337 e. The van der Waals surface area contributed by atoms with E-state index in [-0.39, 0.29) is 5.56 Å². The minimum atomic E-state index is -1.04. The molecule has 6 heteroatoms. The lowest BCUT2D eigenvalue weighted by atomic mass is 10.2. The normalized spacial score (nSPS) is 10.2. The molecule has 6 nitrogen and oxygen atoms in total. The third kappa shape index (κ3) is 3.23. The monoisotopic (exact) mass is 272 g/mol. The Morgan fingerprint density at radius 1 is 1.40 bits per heavy atom. The van der Waals surface area contributed by atoms with Crippen LogP contribution in [0.15, 0.2) is 36.7 Å². The molecule has 2 heterocycles. The molecule has 0 atom stereocenters. The van der Waals surface area contributed by atoms with E-state index < -0.39 is 5.97 Å². The van der Waals surface area contributed by atoms with Gasteiger partial charge in [0.15, 0.2) is 5.82 Å². The first-order valence-electron chi connectivity index (χ1n) is 6.18. The molecule has 2 aromatic heterocycles. The zero-order valence-corrected chi connectivity index (χ0v) is 11.2. The maximum absolute atomic E-state index is 10.8. The van der Waals surface area contributed by atoms with Crippen LogP contribution < -0.4 is 10.6 Å². The summed E-state index contributed by atoms with van der Waals surface area (Å²) in [7, 11) is 1.86. The van der Waals surface area contributed by atoms with Crippen molar-refractivity contribution in [2.45, 2.75) is 6.42 Å². The zero-order chi connectivity index (χ0) is 14.5. The largest absolute Gasteiger partial charge is 0.478 e. The lowest BCUT2D eigenvalue weighted by Gasteiger charge is -2.19. The van der Waals surface area contributed by atoms with Gasteiger partial charge >= 0.3 is 5.97 Å². The Balaban J connectivity index is 2.06. The van der Waals surface area contributed by atoms with Crippen molar-refractivity contribution in [1.82, 2.24) is 9.97 Å². The summed E-state index contributed by atoms with van der Waals surface area (Å²) in [6.45, 7) is 0.695. The fourth-order valence-electron chi connectivity index (χ4n) is 1.84. The van der Waals surface area contributed by atoms with E-state index in [9.17, 15) is 4.79 Å². The van der Waals surface area contributed by atoms with Crippen molar-refractivity contribution < 1.29 is 9.90 Å². The van der Waals surface area contributed by atoms with Crippen LogP contribution in [0.3, 0.4) is 0 Å². The highest BCUT2D eigenvalue weighted by molar-refractivity contribution is 5.89. The van der Waals surface area contributed by atoms with E-state index in [1.54, 1.807) is 6.20 Å². The van der Waals surface area contributed by atoms with E-state index in [4.69, 9.17) is 10.8 Å². The molecule has 20 heavy (non-hydrogen) atoms. The number of nitrogens with two attached hydrogens (primary N) is 1. The molecule has 0 aliphatic rings. The van der Waals surface area contributed by atoms with Gasteiger partial charge in [-0.05, 0) is 18.2 Å². The second-order valence-corrected chi connectivity index (χ2v) is 4.43. The third-order valence-corrected chi connectivity index (χ3v) is 2.93. The van der Waals surface area contributed by atoms with Gasteiger partial charge in [0, 0.05) is 38.1 Å². The number of nitrogens with zero attached hydrogens (tertiary/aromatic N) is 3. The molecule has 2 rings (SSSR count). The van der Waals surface area contributed by atoms with Crippen molar-refractivity contribution in [3.8, 4) is 0 Å². The van der Waals surface area contributed by atoms with E-state index in [1.165, 1.54) is 12.3 Å². The molecule has 3 N–H and O–H groups in total. The number of aromatic nitrogens is 2. The number of likely N-dealkylation sites (N-methyl/N-ethyl adjacent to an activating group) is 1. The van der Waals surface area contributed by atoms with Crippen LogP contribution in [0.1, 0.15) is 16.1 Å². The second-order valence-electron chi connectivity index (χ2n) is 4.43. The lowest BCUT2D eigenvalue weighted by molar-refractivity contribution is 0.0696. The van der Waals surface area contributed by atoms with Crippen LogP contribution in [0.2, 0.25) is 0 Å². The molecule has 0 bridgehead atoms. The first kappa shape index (κ1) is 13.8. The van der Waals surface area contributed by atoms with Crippen LogP contribution in [0.5, 0.6) is 0 Å². The van der Waals surface area contributed by atoms with Crippen molar-refractivity contribution >= 4 is 17.5 Å². The maximum atomic E-state index is 10.8. The van der Waals surface area contributed by atoms with Crippen molar-refractivity contribution in [3.05, 3.63) is 47.9 Å². The van der Waals surface area contributed by atoms with Crippen molar-refractivity contribution in [2.75, 3.05) is 24.2 Å². The quantitative estimate of drug-likeness (QED) is 0.855. The minimum Gasteiger partial charge on any atom is -0.478 e. The summed E-state index contributed by atoms with van der Waals surface area (Å²) >= 11 is 0. The molecule has 0 aliphatic carbocycles. The Bertz CT molecular complexity index is 601. The van der Waals surface area contributed by atoms with E-state index >= 15 is 0 Å². The third-order valence-electron chi connectivity index (χ3n) is 2.93. The molecular weight excluding hydrogens is 256 g/mol. The summed E-state index contributed by atoms with van der Waals surface area (Å²) < 4.78 is 0. The van der Waals surface area contributed by atoms with Gasteiger partial charge in [-0.2, -0.15) is 0 Å². The molecule has 0 radical (unpaired) electrons. The fourth-order valence-corrected chi connectivity index (χ4v) is 1.84. The first-order chi connectivity index (χ1) is 9.58. The Morgan fingerprint density at radius 3 is 2.80 bits per heavy atom. The molecule has 0 amide bonds. The summed E-state index contributed by atoms with van der Waals surface area (Å²) in [6.07, 6.45) is 3.83. The second kappa shape index (κ2) is 6.01. The Labute approximate surface area is 116 Å². The van der Waals surface area contributed by atoms with Gasteiger partial charge in [-0.1, -0.05) is 6.07 Å². The standard InChI is InChI=1S/C14H16N4O2/c1-18(7-5-11-4-2-3-6-16-11)13-12(15)8-10(9-17-13)14(19)20/h2-4,6,8-9H,5,7,15H2,1H3,(H,19,20). The highest BCUT2D eigenvalue weighted by Gasteiger charge is 2.11. The molecule has 0 fully saturated rings. The summed E-state index contributed by atoms with van der Waals surface area (Å²) in [5.74, 6) is -0.460. The highest BCUT2D eigenvalue weighted by Crippen LogP contribution is 2.20. The average molecular weight is 272 g/mol. The number of nitrogen functional groups attached to an aromatic ring is 1. The zero-order valence-electron chi connectivity index (χ0n) is 11.2. The van der Waals surface area contributed by atoms with Gasteiger partial charge in [0.2, 0.25) is 0 Å². The molecule has 0 unspecified atom stereocenters. The predicted octanol–water partition coefficient (Wildman–Crippen LogP) is 1.44. The van der Waals surface area contributed by atoms with Crippen LogP contribution in [-0.4, -0.2) is 34.6 Å². The van der Waals surface area contributed by atoms with Crippen LogP contribution in [0, 0.1) is 0 Å². The van der Waals surface area contributed by atoms with Gasteiger partial charge in [0.05, 0.1) is 11.3 Å². The summed E-state index contributed by atoms with van der Waals surface area (Å²) in [6, 6.07) is 7.19. The van der Waals surface area contributed by atoms with Gasteiger partial charge in [0.25, 0.3) is 0 Å². The SMILES string of the molecule is CN(CCc1ccccn1)c1ncc(C(=O)O)cc1N. The number of hydrogen-bond acceptors (Lipinski definition) is 5. The van der Waals surface area contributed by atoms with E-state index in [1.807, 2.05) is 30.1 Å². The van der Waals surface area contributed by atoms with E-state index in [2.05, 4.69) is 9.97 Å². The van der Waals surface area contributed by atoms with Gasteiger partial charge in [-0.25, -0.2) is 9.78 Å². The number of aromatic carboxylic acids is 1. The van der Waals surface area contributed by atoms with Crippen molar-refractivity contribution in [3.63, 3.8) is 0 Å². The van der Waals surface area contributed by atoms with Crippen LogP contribution in [0.4, 0.5) is 11.5 Å². The van der Waals surface area contributed by atoms with E-state index in [0.29, 0.717) is 18.1 Å². The number of carboxylic acids is 1. The molecule has 104 valence electrons. The molecule has 0 aliphatic heterocycles. The topological polar surface area (TPSA) is 92.3 Å². The molecular formula is C14H16N4O2. The Hall–Kier alpha value is -2.63. The molecule has 2 aromatic rings. The van der Waals surface area contributed by atoms with E-state index in [0.717, 1.165) is 12.1 Å². The number of carboxylic acid groups (broad SMARTS) is 1. The van der Waals surface area contributed by atoms with Crippen LogP contribution in [0.25, 0.3) is 0 Å².